The van der Waals surface area contributed by atoms with Gasteiger partial charge in [0, 0.05) is 18.1 Å². The van der Waals surface area contributed by atoms with Crippen molar-refractivity contribution in [2.75, 3.05) is 6.54 Å². The summed E-state index contributed by atoms with van der Waals surface area (Å²) in [5.74, 6) is 0.517. The van der Waals surface area contributed by atoms with Crippen molar-refractivity contribution in [1.29, 1.82) is 0 Å². The first-order chi connectivity index (χ1) is 16.2. The van der Waals surface area contributed by atoms with Crippen LogP contribution < -0.4 is 5.56 Å². The Morgan fingerprint density at radius 3 is 2.48 bits per heavy atom. The highest BCUT2D eigenvalue weighted by Crippen LogP contribution is 2.33. The zero-order valence-corrected chi connectivity index (χ0v) is 17.7. The highest BCUT2D eigenvalue weighted by molar-refractivity contribution is 6.05. The summed E-state index contributed by atoms with van der Waals surface area (Å²) in [6.45, 7) is 0.589. The van der Waals surface area contributed by atoms with E-state index >= 15 is 0 Å². The number of hydrogen-bond acceptors (Lipinski definition) is 5. The van der Waals surface area contributed by atoms with Crippen molar-refractivity contribution in [3.05, 3.63) is 101 Å². The molecule has 162 valence electrons. The number of carbonyl (C=O) groups is 1. The lowest BCUT2D eigenvalue weighted by Gasteiger charge is -2.24. The van der Waals surface area contributed by atoms with E-state index < -0.39 is 0 Å². The van der Waals surface area contributed by atoms with E-state index in [4.69, 9.17) is 0 Å². The lowest BCUT2D eigenvalue weighted by molar-refractivity contribution is 0.0723. The highest BCUT2D eigenvalue weighted by Gasteiger charge is 2.35. The summed E-state index contributed by atoms with van der Waals surface area (Å²) >= 11 is 0. The topological polar surface area (TPSA) is 85.4 Å². The molecule has 1 saturated heterocycles. The first-order valence-electron chi connectivity index (χ1n) is 10.9. The van der Waals surface area contributed by atoms with Crippen LogP contribution in [0.2, 0.25) is 0 Å². The minimum Gasteiger partial charge on any atom is -0.327 e. The summed E-state index contributed by atoms with van der Waals surface area (Å²) < 4.78 is 3.24. The summed E-state index contributed by atoms with van der Waals surface area (Å²) in [5.41, 5.74) is 1.36. The molecule has 0 bridgehead atoms. The number of rotatable bonds is 3. The number of nitrogens with zero attached hydrogens (tertiary/aromatic N) is 6. The molecule has 3 aromatic heterocycles. The Kier molecular flexibility index (Phi) is 4.50. The number of hydrogen-bond donors (Lipinski definition) is 0. The SMILES string of the molecule is O=C(c1nn(-c2ccccc2)c(=O)c2ccccc12)N1CCC[C@H]1c1nnc2ccccn12. The molecule has 8 nitrogen and oxygen atoms in total. The maximum Gasteiger partial charge on any atom is 0.279 e. The second kappa shape index (κ2) is 7.67. The lowest BCUT2D eigenvalue weighted by atomic mass is 10.1. The second-order valence-corrected chi connectivity index (χ2v) is 8.09. The molecule has 2 aromatic carbocycles. The second-order valence-electron chi connectivity index (χ2n) is 8.09. The first kappa shape index (κ1) is 19.4. The summed E-state index contributed by atoms with van der Waals surface area (Å²) in [6.07, 6.45) is 3.56. The van der Waals surface area contributed by atoms with Gasteiger partial charge in [-0.1, -0.05) is 42.5 Å². The molecule has 0 saturated carbocycles. The van der Waals surface area contributed by atoms with Gasteiger partial charge in [-0.2, -0.15) is 9.78 Å². The minimum atomic E-state index is -0.255. The van der Waals surface area contributed by atoms with E-state index in [9.17, 15) is 9.59 Å². The Labute approximate surface area is 188 Å². The molecule has 4 heterocycles. The minimum absolute atomic E-state index is 0.215. The van der Waals surface area contributed by atoms with Crippen LogP contribution in [0.1, 0.15) is 35.2 Å². The number of likely N-dealkylation sites (tertiary alicyclic amines) is 1. The number of para-hydroxylation sites is 1. The maximum atomic E-state index is 13.9. The van der Waals surface area contributed by atoms with Crippen LogP contribution in [0.25, 0.3) is 22.1 Å². The van der Waals surface area contributed by atoms with Crippen molar-refractivity contribution in [3.63, 3.8) is 0 Å². The van der Waals surface area contributed by atoms with E-state index in [-0.39, 0.29) is 23.2 Å². The lowest BCUT2D eigenvalue weighted by Crippen LogP contribution is -2.34. The molecule has 0 N–H and O–H groups in total. The van der Waals surface area contributed by atoms with Crippen LogP contribution >= 0.6 is 0 Å². The third kappa shape index (κ3) is 3.10. The van der Waals surface area contributed by atoms with E-state index in [2.05, 4.69) is 15.3 Å². The fraction of sp³-hybridized carbons (Fsp3) is 0.160. The van der Waals surface area contributed by atoms with E-state index in [1.165, 1.54) is 4.68 Å². The maximum absolute atomic E-state index is 13.9. The van der Waals surface area contributed by atoms with Crippen molar-refractivity contribution in [2.24, 2.45) is 0 Å². The zero-order chi connectivity index (χ0) is 22.4. The van der Waals surface area contributed by atoms with Crippen LogP contribution in [0.4, 0.5) is 0 Å². The van der Waals surface area contributed by atoms with Crippen LogP contribution in [0.3, 0.4) is 0 Å². The number of fused-ring (bicyclic) bond motifs is 2. The number of aromatic nitrogens is 5. The molecule has 33 heavy (non-hydrogen) atoms. The largest absolute Gasteiger partial charge is 0.327 e. The van der Waals surface area contributed by atoms with E-state index in [1.807, 2.05) is 53.1 Å². The van der Waals surface area contributed by atoms with Crippen LogP contribution in [0.5, 0.6) is 0 Å². The molecule has 6 rings (SSSR count). The average Bonchev–Trinajstić information content (AvgIpc) is 3.52. The standard InChI is InChI=1S/C25H20N6O2/c32-24-19-12-5-4-11-18(19)22(28-31(24)17-9-2-1-3-10-17)25(33)29-16-8-13-20(29)23-27-26-21-14-6-7-15-30(21)23/h1-7,9-12,14-15,20H,8,13,16H2/t20-/m0/s1. The number of amides is 1. The van der Waals surface area contributed by atoms with Gasteiger partial charge in [0.1, 0.15) is 0 Å². The molecular weight excluding hydrogens is 416 g/mol. The number of carbonyl (C=O) groups excluding carboxylic acids is 1. The summed E-state index contributed by atoms with van der Waals surface area (Å²) in [6, 6.07) is 21.8. The van der Waals surface area contributed by atoms with Crippen molar-refractivity contribution >= 4 is 22.3 Å². The fourth-order valence-corrected chi connectivity index (χ4v) is 4.59. The fourth-order valence-electron chi connectivity index (χ4n) is 4.59. The molecular formula is C25H20N6O2. The van der Waals surface area contributed by atoms with Crippen LogP contribution in [-0.4, -0.2) is 41.7 Å². The smallest absolute Gasteiger partial charge is 0.279 e. The van der Waals surface area contributed by atoms with Crippen LogP contribution in [0, 0.1) is 0 Å². The molecule has 1 atom stereocenters. The third-order valence-electron chi connectivity index (χ3n) is 6.16. The van der Waals surface area contributed by atoms with Gasteiger partial charge in [0.05, 0.1) is 17.1 Å². The Morgan fingerprint density at radius 2 is 1.64 bits per heavy atom. The van der Waals surface area contributed by atoms with Gasteiger partial charge >= 0.3 is 0 Å². The molecule has 0 aliphatic carbocycles. The van der Waals surface area contributed by atoms with Crippen molar-refractivity contribution in [3.8, 4) is 5.69 Å². The molecule has 1 fully saturated rings. The van der Waals surface area contributed by atoms with Gasteiger partial charge < -0.3 is 4.90 Å². The normalized spacial score (nSPS) is 16.0. The predicted molar refractivity (Wildman–Crippen MR) is 123 cm³/mol. The number of benzene rings is 2. The molecule has 1 amide bonds. The molecule has 0 unspecified atom stereocenters. The zero-order valence-electron chi connectivity index (χ0n) is 17.7. The van der Waals surface area contributed by atoms with E-state index in [0.29, 0.717) is 23.0 Å². The van der Waals surface area contributed by atoms with Gasteiger partial charge in [0.25, 0.3) is 11.5 Å². The van der Waals surface area contributed by atoms with Crippen molar-refractivity contribution in [1.82, 2.24) is 29.3 Å². The quantitative estimate of drug-likeness (QED) is 0.433. The van der Waals surface area contributed by atoms with Gasteiger partial charge in [0.2, 0.25) is 0 Å². The molecule has 1 aliphatic heterocycles. The number of pyridine rings is 1. The van der Waals surface area contributed by atoms with Crippen molar-refractivity contribution < 1.29 is 4.79 Å². The van der Waals surface area contributed by atoms with Crippen molar-refractivity contribution in [2.45, 2.75) is 18.9 Å². The summed E-state index contributed by atoms with van der Waals surface area (Å²) in [5, 5.41) is 14.2. The third-order valence-corrected chi connectivity index (χ3v) is 6.16. The molecule has 0 spiro atoms. The first-order valence-corrected chi connectivity index (χ1v) is 10.9. The van der Waals surface area contributed by atoms with Gasteiger partial charge in [-0.15, -0.1) is 10.2 Å². The molecule has 0 radical (unpaired) electrons. The molecule has 1 aliphatic rings. The van der Waals surface area contributed by atoms with Gasteiger partial charge in [0.15, 0.2) is 17.2 Å². The Hall–Kier alpha value is -4.33. The Balaban J connectivity index is 1.49. The molecule has 5 aromatic rings. The molecule has 8 heteroatoms. The van der Waals surface area contributed by atoms with E-state index in [0.717, 1.165) is 24.3 Å². The highest BCUT2D eigenvalue weighted by atomic mass is 16.2. The van der Waals surface area contributed by atoms with Crippen LogP contribution in [0.15, 0.2) is 83.8 Å². The van der Waals surface area contributed by atoms with Gasteiger partial charge in [-0.25, -0.2) is 0 Å². The monoisotopic (exact) mass is 436 g/mol. The summed E-state index contributed by atoms with van der Waals surface area (Å²) in [7, 11) is 0. The van der Waals surface area contributed by atoms with Gasteiger partial charge in [-0.05, 0) is 43.2 Å². The Morgan fingerprint density at radius 1 is 0.879 bits per heavy atom. The Bertz CT molecular complexity index is 1560. The predicted octanol–water partition coefficient (Wildman–Crippen LogP) is 3.41. The average molecular weight is 436 g/mol. The van der Waals surface area contributed by atoms with E-state index in [1.54, 1.807) is 35.2 Å². The summed E-state index contributed by atoms with van der Waals surface area (Å²) in [4.78, 5) is 28.9. The van der Waals surface area contributed by atoms with Crippen LogP contribution in [-0.2, 0) is 0 Å². The van der Waals surface area contributed by atoms with Gasteiger partial charge in [-0.3, -0.25) is 14.0 Å².